The first-order chi connectivity index (χ1) is 18.9. The predicted molar refractivity (Wildman–Crippen MR) is 157 cm³/mol. The van der Waals surface area contributed by atoms with Gasteiger partial charge in [-0.25, -0.2) is 16.8 Å². The van der Waals surface area contributed by atoms with E-state index in [9.17, 15) is 27.0 Å². The first kappa shape index (κ1) is 27.0. The van der Waals surface area contributed by atoms with Crippen LogP contribution in [0.5, 0.6) is 11.5 Å². The van der Waals surface area contributed by atoms with Crippen LogP contribution in [-0.4, -0.2) is 27.0 Å². The molecule has 0 fully saturated rings. The third kappa shape index (κ3) is 5.31. The third-order valence-corrected chi connectivity index (χ3v) is 9.22. The van der Waals surface area contributed by atoms with E-state index in [1.807, 2.05) is 26.0 Å². The van der Waals surface area contributed by atoms with Crippen LogP contribution in [0.4, 0.5) is 11.4 Å². The molecule has 0 spiro atoms. The average molecular weight is 575 g/mol. The molecule has 8 nitrogen and oxygen atoms in total. The van der Waals surface area contributed by atoms with Gasteiger partial charge in [0.2, 0.25) is 0 Å². The number of hydrogen-bond acceptors (Lipinski definition) is 6. The van der Waals surface area contributed by atoms with Crippen LogP contribution in [0, 0.1) is 13.8 Å². The molecule has 5 aromatic carbocycles. The van der Waals surface area contributed by atoms with Crippen molar-refractivity contribution in [2.24, 2.45) is 0 Å². The molecule has 0 saturated heterocycles. The van der Waals surface area contributed by atoms with E-state index in [0.717, 1.165) is 16.5 Å². The molecule has 0 unspecified atom stereocenters. The van der Waals surface area contributed by atoms with Crippen molar-refractivity contribution in [1.82, 2.24) is 0 Å². The van der Waals surface area contributed by atoms with E-state index >= 15 is 0 Å². The first-order valence-electron chi connectivity index (χ1n) is 12.2. The molecular formula is C30H26N2O6S2. The smallest absolute Gasteiger partial charge is 0.262 e. The Labute approximate surface area is 232 Å². The molecule has 0 amide bonds. The number of aryl methyl sites for hydroxylation is 2. The number of hydrogen-bond donors (Lipinski definition) is 4. The van der Waals surface area contributed by atoms with Crippen molar-refractivity contribution in [2.75, 3.05) is 9.44 Å². The van der Waals surface area contributed by atoms with E-state index in [-0.39, 0.29) is 38.0 Å². The quantitative estimate of drug-likeness (QED) is 0.136. The minimum atomic E-state index is -4.17. The molecule has 0 radical (unpaired) electrons. The number of benzene rings is 5. The highest BCUT2D eigenvalue weighted by Crippen LogP contribution is 2.46. The molecule has 0 bridgehead atoms. The topological polar surface area (TPSA) is 133 Å². The Morgan fingerprint density at radius 2 is 1.18 bits per heavy atom. The molecule has 0 saturated carbocycles. The molecule has 0 heterocycles. The van der Waals surface area contributed by atoms with Crippen LogP contribution in [0.25, 0.3) is 21.9 Å². The molecule has 0 aromatic heterocycles. The van der Waals surface area contributed by atoms with Gasteiger partial charge in [-0.05, 0) is 67.1 Å². The Morgan fingerprint density at radius 1 is 0.625 bits per heavy atom. The fraction of sp³-hybridized carbons (Fsp3) is 0.0667. The number of sulfonamides is 2. The lowest BCUT2D eigenvalue weighted by Gasteiger charge is -2.18. The number of phenolic OH excluding ortho intramolecular Hbond substituents is 2. The Morgan fingerprint density at radius 3 is 1.77 bits per heavy atom. The van der Waals surface area contributed by atoms with Crippen LogP contribution in [0.3, 0.4) is 0 Å². The average Bonchev–Trinajstić information content (AvgIpc) is 2.91. The van der Waals surface area contributed by atoms with Crippen molar-refractivity contribution in [3.8, 4) is 22.6 Å². The van der Waals surface area contributed by atoms with E-state index in [2.05, 4.69) is 9.44 Å². The van der Waals surface area contributed by atoms with Gasteiger partial charge >= 0.3 is 0 Å². The molecule has 5 aromatic rings. The second-order valence-electron chi connectivity index (χ2n) is 9.44. The molecule has 5 rings (SSSR count). The number of anilines is 2. The van der Waals surface area contributed by atoms with Crippen molar-refractivity contribution in [1.29, 1.82) is 0 Å². The Bertz CT molecular complexity index is 1950. The zero-order valence-corrected chi connectivity index (χ0v) is 23.2. The van der Waals surface area contributed by atoms with Gasteiger partial charge in [0, 0.05) is 11.1 Å². The van der Waals surface area contributed by atoms with Gasteiger partial charge in [-0.2, -0.15) is 0 Å². The zero-order chi connectivity index (χ0) is 28.7. The van der Waals surface area contributed by atoms with Crippen LogP contribution in [-0.2, 0) is 20.0 Å². The Balaban J connectivity index is 1.69. The summed E-state index contributed by atoms with van der Waals surface area (Å²) in [4.78, 5) is -0.0415. The lowest BCUT2D eigenvalue weighted by molar-refractivity contribution is 0.471. The largest absolute Gasteiger partial charge is 0.507 e. The summed E-state index contributed by atoms with van der Waals surface area (Å²) in [7, 11) is -8.25. The summed E-state index contributed by atoms with van der Waals surface area (Å²) in [5, 5.41) is 23.5. The first-order valence-corrected chi connectivity index (χ1v) is 15.2. The maximum Gasteiger partial charge on any atom is 0.262 e. The summed E-state index contributed by atoms with van der Waals surface area (Å²) in [6, 6.07) is 25.2. The van der Waals surface area contributed by atoms with Gasteiger partial charge in [0.1, 0.15) is 11.5 Å². The number of nitrogens with one attached hydrogen (secondary N) is 2. The Hall–Kier alpha value is -4.54. The fourth-order valence-corrected chi connectivity index (χ4v) is 6.46. The molecule has 0 aliphatic carbocycles. The van der Waals surface area contributed by atoms with Gasteiger partial charge in [0.05, 0.1) is 21.2 Å². The van der Waals surface area contributed by atoms with E-state index < -0.39 is 25.8 Å². The van der Waals surface area contributed by atoms with E-state index in [4.69, 9.17) is 0 Å². The molecule has 0 aliphatic heterocycles. The maximum absolute atomic E-state index is 13.2. The number of rotatable bonds is 7. The number of fused-ring (bicyclic) bond motifs is 1. The van der Waals surface area contributed by atoms with Crippen LogP contribution >= 0.6 is 0 Å². The van der Waals surface area contributed by atoms with Gasteiger partial charge in [0.15, 0.2) is 0 Å². The summed E-state index contributed by atoms with van der Waals surface area (Å²) < 4.78 is 57.7. The Kier molecular flexibility index (Phi) is 6.91. The third-order valence-electron chi connectivity index (χ3n) is 6.45. The van der Waals surface area contributed by atoms with Gasteiger partial charge in [0.25, 0.3) is 20.0 Å². The van der Waals surface area contributed by atoms with Crippen LogP contribution < -0.4 is 9.44 Å². The lowest BCUT2D eigenvalue weighted by Crippen LogP contribution is -2.15. The lowest BCUT2D eigenvalue weighted by atomic mass is 9.95. The summed E-state index contributed by atoms with van der Waals surface area (Å²) in [5.41, 5.74) is 1.69. The summed E-state index contributed by atoms with van der Waals surface area (Å²) in [6.07, 6.45) is 0. The molecule has 4 N–H and O–H groups in total. The minimum Gasteiger partial charge on any atom is -0.507 e. The van der Waals surface area contributed by atoms with Crippen LogP contribution in [0.2, 0.25) is 0 Å². The van der Waals surface area contributed by atoms with Crippen molar-refractivity contribution >= 4 is 42.2 Å². The molecular weight excluding hydrogens is 548 g/mol. The predicted octanol–water partition coefficient (Wildman–Crippen LogP) is 6.14. The SMILES string of the molecule is Cc1ccc(S(=O)(=O)Nc2cc(NS(=O)(=O)c3ccc(C)cc3)c(O)c(-c3c(O)ccc4ccccc34)c2)cc1. The highest BCUT2D eigenvalue weighted by molar-refractivity contribution is 7.93. The van der Waals surface area contributed by atoms with Crippen molar-refractivity contribution in [3.63, 3.8) is 0 Å². The van der Waals surface area contributed by atoms with Gasteiger partial charge in [-0.3, -0.25) is 9.44 Å². The van der Waals surface area contributed by atoms with Crippen LogP contribution in [0.15, 0.2) is 107 Å². The fourth-order valence-electron chi connectivity index (χ4n) is 4.36. The number of phenols is 2. The second kappa shape index (κ2) is 10.2. The normalized spacial score (nSPS) is 11.8. The molecule has 10 heteroatoms. The standard InChI is InChI=1S/C30H26N2O6S2/c1-19-7-12-23(13-8-19)39(35,36)31-22-17-26(29-25-6-4-3-5-21(25)11-16-28(29)33)30(34)27(18-22)32-40(37,38)24-14-9-20(2)10-15-24/h3-18,31-34H,1-2H3. The molecule has 204 valence electrons. The van der Waals surface area contributed by atoms with Crippen molar-refractivity contribution < 1.29 is 27.0 Å². The van der Waals surface area contributed by atoms with E-state index in [1.165, 1.54) is 42.5 Å². The second-order valence-corrected chi connectivity index (χ2v) is 12.8. The molecule has 0 atom stereocenters. The molecule has 40 heavy (non-hydrogen) atoms. The zero-order valence-electron chi connectivity index (χ0n) is 21.6. The van der Waals surface area contributed by atoms with E-state index in [1.54, 1.807) is 42.5 Å². The van der Waals surface area contributed by atoms with Gasteiger partial charge in [-0.15, -0.1) is 0 Å². The van der Waals surface area contributed by atoms with Gasteiger partial charge in [-0.1, -0.05) is 65.7 Å². The summed E-state index contributed by atoms with van der Waals surface area (Å²) in [6.45, 7) is 3.65. The van der Waals surface area contributed by atoms with Crippen molar-refractivity contribution in [3.05, 3.63) is 108 Å². The highest BCUT2D eigenvalue weighted by Gasteiger charge is 2.23. The van der Waals surface area contributed by atoms with Gasteiger partial charge < -0.3 is 10.2 Å². The van der Waals surface area contributed by atoms with Crippen molar-refractivity contribution in [2.45, 2.75) is 23.6 Å². The minimum absolute atomic E-state index is 0.00233. The summed E-state index contributed by atoms with van der Waals surface area (Å²) in [5.74, 6) is -0.666. The highest BCUT2D eigenvalue weighted by atomic mass is 32.2. The van der Waals surface area contributed by atoms with E-state index in [0.29, 0.717) is 5.39 Å². The molecule has 0 aliphatic rings. The maximum atomic E-state index is 13.2. The number of aromatic hydroxyl groups is 2. The summed E-state index contributed by atoms with van der Waals surface area (Å²) >= 11 is 0. The monoisotopic (exact) mass is 574 g/mol. The van der Waals surface area contributed by atoms with Crippen LogP contribution in [0.1, 0.15) is 11.1 Å².